The lowest BCUT2D eigenvalue weighted by molar-refractivity contribution is 0.0689. The minimum Gasteiger partial charge on any atom is -0.477 e. The van der Waals surface area contributed by atoms with Gasteiger partial charge in [-0.05, 0) is 145 Å². The van der Waals surface area contributed by atoms with E-state index in [1.165, 1.54) is 299 Å². The molecule has 1 unspecified atom stereocenters. The van der Waals surface area contributed by atoms with Gasteiger partial charge in [0.2, 0.25) is 0 Å². The van der Waals surface area contributed by atoms with Crippen LogP contribution >= 0.6 is 0 Å². The number of aromatic carboxylic acids is 1. The van der Waals surface area contributed by atoms with Crippen molar-refractivity contribution in [1.82, 2.24) is 9.78 Å². The normalized spacial score (nSPS) is 15.6. The summed E-state index contributed by atoms with van der Waals surface area (Å²) in [7, 11) is 0. The molecule has 4 aliphatic rings. The van der Waals surface area contributed by atoms with Crippen LogP contribution < -0.4 is 15.4 Å². The molecule has 1 aromatic heterocycles. The standard InChI is InChI=1S/C80H118N4O3/c1-3-5-7-9-11-13-15-17-19-21-23-25-27-29-31-33-35-40-56-82-58-42-44-69-62-67(52-54-75(69)82)74(61-65-48-49-66-50-51-71(64-72(66)60-65)77-78(80(86)87)81-84(79(77)85)73-46-38-37-39-47-73)68-53-55-76-70(63-68)45-43-59-83(76)57-41-36-34-32-30-28-26-24-22-20-18-16-14-12-10-8-6-4-2/h37-39,46-47,51-55,60-64,66,81H,3-36,40-45,48-50,56-59H2,1-2H3,(H,86,87). The first-order valence-electron chi connectivity index (χ1n) is 36.7. The van der Waals surface area contributed by atoms with Crippen LogP contribution in [0.15, 0.2) is 107 Å². The molecule has 7 nitrogen and oxygen atoms in total. The van der Waals surface area contributed by atoms with Gasteiger partial charge >= 0.3 is 5.97 Å². The molecule has 3 heterocycles. The van der Waals surface area contributed by atoms with Crippen LogP contribution in [0.1, 0.15) is 315 Å². The van der Waals surface area contributed by atoms with Crippen LogP contribution in [-0.4, -0.2) is 47.0 Å². The molecule has 0 saturated carbocycles. The van der Waals surface area contributed by atoms with E-state index < -0.39 is 5.97 Å². The maximum Gasteiger partial charge on any atom is 0.354 e. The Morgan fingerprint density at radius 3 is 1.38 bits per heavy atom. The highest BCUT2D eigenvalue weighted by Crippen LogP contribution is 2.41. The third-order valence-corrected chi connectivity index (χ3v) is 20.1. The monoisotopic (exact) mass is 1180 g/mol. The summed E-state index contributed by atoms with van der Waals surface area (Å²) in [4.78, 5) is 32.1. The molecule has 0 saturated heterocycles. The molecule has 87 heavy (non-hydrogen) atoms. The molecular weight excluding hydrogens is 1060 g/mol. The van der Waals surface area contributed by atoms with E-state index in [1.54, 1.807) is 0 Å². The van der Waals surface area contributed by atoms with Crippen molar-refractivity contribution >= 4 is 28.5 Å². The first-order chi connectivity index (χ1) is 42.9. The molecule has 0 bridgehead atoms. The highest BCUT2D eigenvalue weighted by Gasteiger charge is 2.28. The Balaban J connectivity index is 0.879. The van der Waals surface area contributed by atoms with Crippen molar-refractivity contribution in [1.29, 1.82) is 0 Å². The zero-order valence-electron chi connectivity index (χ0n) is 55.1. The number of hydrogen-bond acceptors (Lipinski definition) is 4. The average Bonchev–Trinajstić information content (AvgIpc) is 4.06. The van der Waals surface area contributed by atoms with Gasteiger partial charge < -0.3 is 14.9 Å². The summed E-state index contributed by atoms with van der Waals surface area (Å²) in [5.74, 6) is -0.807. The zero-order valence-corrected chi connectivity index (χ0v) is 55.1. The van der Waals surface area contributed by atoms with Crippen LogP contribution in [0.2, 0.25) is 0 Å². The van der Waals surface area contributed by atoms with Crippen molar-refractivity contribution in [3.05, 3.63) is 146 Å². The number of allylic oxidation sites excluding steroid dienone is 7. The fourth-order valence-electron chi connectivity index (χ4n) is 14.8. The first-order valence-corrected chi connectivity index (χ1v) is 36.7. The van der Waals surface area contributed by atoms with E-state index in [-0.39, 0.29) is 16.8 Å². The van der Waals surface area contributed by atoms with E-state index in [0.29, 0.717) is 17.2 Å². The van der Waals surface area contributed by atoms with E-state index >= 15 is 0 Å². The van der Waals surface area contributed by atoms with Crippen molar-refractivity contribution in [3.8, 4) is 5.69 Å². The number of aromatic amines is 1. The molecule has 4 aromatic rings. The number of anilines is 2. The third-order valence-electron chi connectivity index (χ3n) is 20.1. The number of fused-ring (bicyclic) bond motifs is 3. The Hall–Kier alpha value is -5.30. The van der Waals surface area contributed by atoms with E-state index in [2.05, 4.69) is 89.4 Å². The summed E-state index contributed by atoms with van der Waals surface area (Å²) in [5.41, 5.74) is 13.2. The summed E-state index contributed by atoms with van der Waals surface area (Å²) in [5, 5.41) is 13.3. The predicted octanol–water partition coefficient (Wildman–Crippen LogP) is 22.6. The molecule has 1 atom stereocenters. The minimum atomic E-state index is -1.14. The zero-order chi connectivity index (χ0) is 60.5. The van der Waals surface area contributed by atoms with Gasteiger partial charge in [-0.3, -0.25) is 9.89 Å². The average molecular weight is 1180 g/mol. The fourth-order valence-corrected chi connectivity index (χ4v) is 14.8. The smallest absolute Gasteiger partial charge is 0.354 e. The topological polar surface area (TPSA) is 81.6 Å². The van der Waals surface area contributed by atoms with E-state index in [0.717, 1.165) is 58.3 Å². The SMILES string of the molecule is CCCCCCCCCCCCCCCCCCCCN1CCCc2cc(C(=CC3=CC4=CC(c5c(C(=O)O)[nH]n(-c6ccccc6)c5=O)=CCC4CC3)c3ccc4c(c3)CCCN4CCCCCCCCCCCCCCCCCCCC)ccc21. The lowest BCUT2D eigenvalue weighted by atomic mass is 9.77. The van der Waals surface area contributed by atoms with Gasteiger partial charge in [0, 0.05) is 37.6 Å². The van der Waals surface area contributed by atoms with E-state index in [4.69, 9.17) is 0 Å². The number of H-pyrrole nitrogens is 1. The number of aryl methyl sites for hydroxylation is 2. The molecule has 3 aromatic carbocycles. The van der Waals surface area contributed by atoms with Gasteiger partial charge in [0.1, 0.15) is 0 Å². The van der Waals surface area contributed by atoms with Gasteiger partial charge in [0.25, 0.3) is 5.56 Å². The van der Waals surface area contributed by atoms with E-state index in [1.807, 2.05) is 30.3 Å². The van der Waals surface area contributed by atoms with Gasteiger partial charge in [-0.15, -0.1) is 0 Å². The molecule has 0 spiro atoms. The van der Waals surface area contributed by atoms with Gasteiger partial charge in [0.15, 0.2) is 5.69 Å². The molecular formula is C80H118N4O3. The number of carboxylic acids is 1. The highest BCUT2D eigenvalue weighted by molar-refractivity contribution is 5.94. The van der Waals surface area contributed by atoms with E-state index in [9.17, 15) is 14.7 Å². The Labute approximate surface area is 529 Å². The molecule has 0 fully saturated rings. The third kappa shape index (κ3) is 22.0. The van der Waals surface area contributed by atoms with Crippen molar-refractivity contribution in [2.45, 2.75) is 290 Å². The Kier molecular flexibility index (Phi) is 30.3. The number of benzene rings is 3. The Morgan fingerprint density at radius 1 is 0.529 bits per heavy atom. The van der Waals surface area contributed by atoms with Crippen LogP contribution in [0.4, 0.5) is 11.4 Å². The summed E-state index contributed by atoms with van der Waals surface area (Å²) in [6.07, 6.45) is 67.0. The Morgan fingerprint density at radius 2 is 0.954 bits per heavy atom. The van der Waals surface area contributed by atoms with Crippen LogP contribution in [0, 0.1) is 5.92 Å². The molecule has 8 rings (SSSR count). The second-order valence-corrected chi connectivity index (χ2v) is 27.1. The van der Waals surface area contributed by atoms with Crippen molar-refractivity contribution in [3.63, 3.8) is 0 Å². The van der Waals surface area contributed by atoms with Gasteiger partial charge in [-0.1, -0.05) is 287 Å². The maximum absolute atomic E-state index is 14.0. The largest absolute Gasteiger partial charge is 0.477 e. The molecule has 2 aliphatic heterocycles. The second-order valence-electron chi connectivity index (χ2n) is 27.1. The number of aromatic nitrogens is 2. The molecule has 2 aliphatic carbocycles. The van der Waals surface area contributed by atoms with Crippen LogP contribution in [0.5, 0.6) is 0 Å². The lowest BCUT2D eigenvalue weighted by Crippen LogP contribution is -2.30. The number of hydrogen-bond donors (Lipinski definition) is 2. The van der Waals surface area contributed by atoms with Gasteiger partial charge in [-0.25, -0.2) is 9.48 Å². The summed E-state index contributed by atoms with van der Waals surface area (Å²) >= 11 is 0. The summed E-state index contributed by atoms with van der Waals surface area (Å²) in [6, 6.07) is 24.0. The molecule has 7 heteroatoms. The molecule has 476 valence electrons. The van der Waals surface area contributed by atoms with Crippen molar-refractivity contribution < 1.29 is 9.90 Å². The Bertz CT molecular complexity index is 2720. The minimum absolute atomic E-state index is 0.0737. The van der Waals surface area contributed by atoms with Crippen LogP contribution in [0.3, 0.4) is 0 Å². The summed E-state index contributed by atoms with van der Waals surface area (Å²) < 4.78 is 1.36. The highest BCUT2D eigenvalue weighted by atomic mass is 16.4. The first kappa shape index (κ1) is 67.6. The number of para-hydroxylation sites is 1. The number of nitrogens with zero attached hydrogens (tertiary/aromatic N) is 3. The number of nitrogens with one attached hydrogen (secondary N) is 1. The van der Waals surface area contributed by atoms with Gasteiger partial charge in [-0.2, -0.15) is 0 Å². The number of carboxylic acid groups (broad SMARTS) is 1. The maximum atomic E-state index is 14.0. The fraction of sp³-hybridized carbons (Fsp3) is 0.625. The number of unbranched alkanes of at least 4 members (excludes halogenated alkanes) is 34. The predicted molar refractivity (Wildman–Crippen MR) is 373 cm³/mol. The van der Waals surface area contributed by atoms with Crippen molar-refractivity contribution in [2.75, 3.05) is 36.0 Å². The number of rotatable bonds is 44. The van der Waals surface area contributed by atoms with Gasteiger partial charge in [0.05, 0.1) is 11.3 Å². The molecule has 0 amide bonds. The molecule has 2 N–H and O–H groups in total. The summed E-state index contributed by atoms with van der Waals surface area (Å²) in [6.45, 7) is 9.19. The van der Waals surface area contributed by atoms with Crippen LogP contribution in [0.25, 0.3) is 16.8 Å². The number of carbonyl (C=O) groups is 1. The van der Waals surface area contributed by atoms with Crippen LogP contribution in [-0.2, 0) is 12.8 Å². The quantitative estimate of drug-likeness (QED) is 0.0431. The van der Waals surface area contributed by atoms with Crippen molar-refractivity contribution in [2.24, 2.45) is 5.92 Å². The molecule has 0 radical (unpaired) electrons. The second kappa shape index (κ2) is 39.0. The lowest BCUT2D eigenvalue weighted by Gasteiger charge is -2.33.